The molecule has 6 nitrogen and oxygen atoms in total. The van der Waals surface area contributed by atoms with Crippen molar-refractivity contribution in [1.29, 1.82) is 0 Å². The van der Waals surface area contributed by atoms with E-state index in [9.17, 15) is 4.79 Å². The smallest absolute Gasteiger partial charge is 0.234 e. The van der Waals surface area contributed by atoms with Gasteiger partial charge in [-0.3, -0.25) is 9.69 Å². The summed E-state index contributed by atoms with van der Waals surface area (Å²) in [6, 6.07) is 14.5. The van der Waals surface area contributed by atoms with Crippen LogP contribution in [0.2, 0.25) is 0 Å². The van der Waals surface area contributed by atoms with E-state index in [2.05, 4.69) is 44.6 Å². The number of aromatic nitrogens is 2. The van der Waals surface area contributed by atoms with Crippen molar-refractivity contribution >= 4 is 16.7 Å². The summed E-state index contributed by atoms with van der Waals surface area (Å²) < 4.78 is 5.33. The van der Waals surface area contributed by atoms with Crippen LogP contribution < -0.4 is 5.32 Å². The topological polar surface area (TPSA) is 71.3 Å². The lowest BCUT2D eigenvalue weighted by Crippen LogP contribution is -2.42. The molecule has 6 heteroatoms. The van der Waals surface area contributed by atoms with Gasteiger partial charge in [-0.25, -0.2) is 0 Å². The summed E-state index contributed by atoms with van der Waals surface area (Å²) in [5, 5.41) is 9.43. The zero-order valence-corrected chi connectivity index (χ0v) is 16.4. The first-order valence-corrected chi connectivity index (χ1v) is 9.90. The minimum atomic E-state index is -0.0437. The van der Waals surface area contributed by atoms with Gasteiger partial charge in [-0.1, -0.05) is 47.6 Å². The summed E-state index contributed by atoms with van der Waals surface area (Å²) in [7, 11) is 0. The lowest BCUT2D eigenvalue weighted by atomic mass is 9.98. The molecule has 1 aliphatic rings. The Morgan fingerprint density at radius 3 is 2.93 bits per heavy atom. The van der Waals surface area contributed by atoms with Gasteiger partial charge in [-0.2, -0.15) is 4.98 Å². The number of aryl methyl sites for hydroxylation is 1. The highest BCUT2D eigenvalue weighted by Gasteiger charge is 2.27. The van der Waals surface area contributed by atoms with E-state index in [1.165, 1.54) is 10.8 Å². The maximum atomic E-state index is 12.7. The van der Waals surface area contributed by atoms with E-state index in [1.807, 2.05) is 32.0 Å². The van der Waals surface area contributed by atoms with Crippen LogP contribution in [0.1, 0.15) is 49.0 Å². The zero-order valence-electron chi connectivity index (χ0n) is 16.4. The van der Waals surface area contributed by atoms with Crippen LogP contribution in [0.25, 0.3) is 10.8 Å². The molecule has 0 spiro atoms. The van der Waals surface area contributed by atoms with Gasteiger partial charge in [0.25, 0.3) is 0 Å². The standard InChI is InChI=1S/C22H26N4O2/c1-15(19-11-5-8-17-7-3-4-10-20(17)19)23-21(27)14-26-12-6-9-18(13-26)22-24-16(2)25-28-22/h3-5,7-8,10-11,15,18H,6,9,12-14H2,1-2H3,(H,23,27). The second kappa shape index (κ2) is 8.10. The van der Waals surface area contributed by atoms with Crippen molar-refractivity contribution in [3.63, 3.8) is 0 Å². The molecule has 2 aromatic carbocycles. The van der Waals surface area contributed by atoms with E-state index in [0.29, 0.717) is 18.3 Å². The molecule has 1 N–H and O–H groups in total. The molecule has 146 valence electrons. The van der Waals surface area contributed by atoms with Crippen LogP contribution in [0.3, 0.4) is 0 Å². The van der Waals surface area contributed by atoms with Crippen LogP contribution in [0.4, 0.5) is 0 Å². The number of piperidine rings is 1. The Hall–Kier alpha value is -2.73. The Kier molecular flexibility index (Phi) is 5.39. The molecular weight excluding hydrogens is 352 g/mol. The summed E-state index contributed by atoms with van der Waals surface area (Å²) in [4.78, 5) is 19.2. The first-order chi connectivity index (χ1) is 13.6. The number of fused-ring (bicyclic) bond motifs is 1. The number of nitrogens with zero attached hydrogens (tertiary/aromatic N) is 3. The van der Waals surface area contributed by atoms with Gasteiger partial charge in [0.15, 0.2) is 5.82 Å². The third-order valence-corrected chi connectivity index (χ3v) is 5.43. The van der Waals surface area contributed by atoms with Crippen LogP contribution in [-0.4, -0.2) is 40.6 Å². The fourth-order valence-corrected chi connectivity index (χ4v) is 4.08. The second-order valence-corrected chi connectivity index (χ2v) is 7.61. The number of likely N-dealkylation sites (tertiary alicyclic amines) is 1. The molecule has 2 atom stereocenters. The van der Waals surface area contributed by atoms with Gasteiger partial charge >= 0.3 is 0 Å². The van der Waals surface area contributed by atoms with E-state index >= 15 is 0 Å². The molecule has 1 amide bonds. The molecule has 4 rings (SSSR count). The Bertz CT molecular complexity index is 963. The van der Waals surface area contributed by atoms with Crippen LogP contribution in [0, 0.1) is 6.92 Å². The molecule has 2 heterocycles. The third-order valence-electron chi connectivity index (χ3n) is 5.43. The van der Waals surface area contributed by atoms with Gasteiger partial charge < -0.3 is 9.84 Å². The van der Waals surface area contributed by atoms with Crippen molar-refractivity contribution in [2.24, 2.45) is 0 Å². The molecule has 1 aliphatic heterocycles. The van der Waals surface area contributed by atoms with Crippen LogP contribution >= 0.6 is 0 Å². The van der Waals surface area contributed by atoms with E-state index in [-0.39, 0.29) is 17.9 Å². The predicted molar refractivity (Wildman–Crippen MR) is 108 cm³/mol. The zero-order chi connectivity index (χ0) is 19.5. The summed E-state index contributed by atoms with van der Waals surface area (Å²) >= 11 is 0. The molecule has 1 saturated heterocycles. The fourth-order valence-electron chi connectivity index (χ4n) is 4.08. The van der Waals surface area contributed by atoms with Gasteiger partial charge in [0.1, 0.15) is 0 Å². The van der Waals surface area contributed by atoms with Crippen LogP contribution in [0.15, 0.2) is 47.0 Å². The van der Waals surface area contributed by atoms with Crippen molar-refractivity contribution in [1.82, 2.24) is 20.4 Å². The van der Waals surface area contributed by atoms with Crippen molar-refractivity contribution in [2.75, 3.05) is 19.6 Å². The molecule has 1 aromatic heterocycles. The molecule has 0 bridgehead atoms. The maximum Gasteiger partial charge on any atom is 0.234 e. The monoisotopic (exact) mass is 378 g/mol. The molecule has 1 fully saturated rings. The highest BCUT2D eigenvalue weighted by molar-refractivity contribution is 5.87. The number of hydrogen-bond donors (Lipinski definition) is 1. The van der Waals surface area contributed by atoms with Crippen LogP contribution in [-0.2, 0) is 4.79 Å². The summed E-state index contributed by atoms with van der Waals surface area (Å²) in [5.74, 6) is 1.60. The van der Waals surface area contributed by atoms with Gasteiger partial charge in [-0.05, 0) is 49.6 Å². The van der Waals surface area contributed by atoms with Gasteiger partial charge in [0.05, 0.1) is 18.5 Å². The van der Waals surface area contributed by atoms with Gasteiger partial charge in [0, 0.05) is 6.54 Å². The molecule has 0 radical (unpaired) electrons. The molecular formula is C22H26N4O2. The molecule has 0 aliphatic carbocycles. The molecule has 2 unspecified atom stereocenters. The van der Waals surface area contributed by atoms with Crippen LogP contribution in [0.5, 0.6) is 0 Å². The lowest BCUT2D eigenvalue weighted by Gasteiger charge is -2.30. The molecule has 3 aromatic rings. The number of nitrogens with one attached hydrogen (secondary N) is 1. The average Bonchev–Trinajstić information content (AvgIpc) is 3.14. The quantitative estimate of drug-likeness (QED) is 0.735. The van der Waals surface area contributed by atoms with E-state index in [0.717, 1.165) is 31.5 Å². The number of rotatable bonds is 5. The highest BCUT2D eigenvalue weighted by atomic mass is 16.5. The van der Waals surface area contributed by atoms with Crippen molar-refractivity contribution in [2.45, 2.75) is 38.6 Å². The second-order valence-electron chi connectivity index (χ2n) is 7.61. The third kappa shape index (κ3) is 4.07. The number of carbonyl (C=O) groups is 1. The van der Waals surface area contributed by atoms with E-state index < -0.39 is 0 Å². The van der Waals surface area contributed by atoms with Crippen molar-refractivity contribution < 1.29 is 9.32 Å². The minimum Gasteiger partial charge on any atom is -0.348 e. The SMILES string of the molecule is Cc1noc(C2CCCN(CC(=O)NC(C)c3cccc4ccccc34)C2)n1. The van der Waals surface area contributed by atoms with E-state index in [1.54, 1.807) is 0 Å². The summed E-state index contributed by atoms with van der Waals surface area (Å²) in [6.07, 6.45) is 2.05. The normalized spacial score (nSPS) is 18.9. The Morgan fingerprint density at radius 1 is 1.29 bits per heavy atom. The number of benzene rings is 2. The Balaban J connectivity index is 1.38. The fraction of sp³-hybridized carbons (Fsp3) is 0.409. The minimum absolute atomic E-state index is 0.0437. The number of carbonyl (C=O) groups excluding carboxylic acids is 1. The van der Waals surface area contributed by atoms with Crippen molar-refractivity contribution in [3.8, 4) is 0 Å². The van der Waals surface area contributed by atoms with Gasteiger partial charge in [0.2, 0.25) is 11.8 Å². The maximum absolute atomic E-state index is 12.7. The molecule has 28 heavy (non-hydrogen) atoms. The van der Waals surface area contributed by atoms with Gasteiger partial charge in [-0.15, -0.1) is 0 Å². The summed E-state index contributed by atoms with van der Waals surface area (Å²) in [5.41, 5.74) is 1.14. The Morgan fingerprint density at radius 2 is 2.11 bits per heavy atom. The lowest BCUT2D eigenvalue weighted by molar-refractivity contribution is -0.123. The summed E-state index contributed by atoms with van der Waals surface area (Å²) in [6.45, 7) is 5.95. The Labute approximate surface area is 164 Å². The van der Waals surface area contributed by atoms with Crippen molar-refractivity contribution in [3.05, 3.63) is 59.7 Å². The predicted octanol–water partition coefficient (Wildman–Crippen LogP) is 3.59. The first kappa shape index (κ1) is 18.6. The first-order valence-electron chi connectivity index (χ1n) is 9.90. The average molecular weight is 378 g/mol. The largest absolute Gasteiger partial charge is 0.348 e. The number of hydrogen-bond acceptors (Lipinski definition) is 5. The molecule has 0 saturated carbocycles. The van der Waals surface area contributed by atoms with E-state index in [4.69, 9.17) is 4.52 Å². The number of amides is 1. The highest BCUT2D eigenvalue weighted by Crippen LogP contribution is 2.26.